The number of hydrazine groups is 2. The Morgan fingerprint density at radius 2 is 1.82 bits per heavy atom. The molecule has 1 heterocycles. The number of hydrogen-bond acceptors (Lipinski definition) is 8. The van der Waals surface area contributed by atoms with Gasteiger partial charge in [-0.05, 0) is 53.6 Å². The van der Waals surface area contributed by atoms with Crippen LogP contribution >= 0.6 is 0 Å². The fourth-order valence-electron chi connectivity index (χ4n) is 4.33. The van der Waals surface area contributed by atoms with Gasteiger partial charge in [0.15, 0.2) is 0 Å². The first kappa shape index (κ1) is 28.8. The summed E-state index contributed by atoms with van der Waals surface area (Å²) in [5.41, 5.74) is 7.14. The van der Waals surface area contributed by atoms with Crippen molar-refractivity contribution in [2.24, 2.45) is 11.7 Å². The number of nitrogens with zero attached hydrogens (tertiary/aromatic N) is 3. The van der Waals surface area contributed by atoms with E-state index in [1.807, 2.05) is 32.0 Å². The highest BCUT2D eigenvalue weighted by atomic mass is 19.1. The molecule has 0 radical (unpaired) electrons. The second-order valence-corrected chi connectivity index (χ2v) is 8.81. The molecule has 1 aromatic heterocycles. The van der Waals surface area contributed by atoms with Gasteiger partial charge in [0, 0.05) is 19.7 Å². The number of hydrogen-bond donors (Lipinski definition) is 5. The molecule has 0 fully saturated rings. The zero-order valence-electron chi connectivity index (χ0n) is 22.1. The van der Waals surface area contributed by atoms with E-state index in [9.17, 15) is 14.0 Å². The predicted octanol–water partition coefficient (Wildman–Crippen LogP) is 2.57. The summed E-state index contributed by atoms with van der Waals surface area (Å²) in [6.45, 7) is 5.86. The lowest BCUT2D eigenvalue weighted by Gasteiger charge is -2.24. The van der Waals surface area contributed by atoms with Crippen molar-refractivity contribution in [3.63, 3.8) is 0 Å². The van der Waals surface area contributed by atoms with Crippen LogP contribution in [-0.4, -0.2) is 33.8 Å². The van der Waals surface area contributed by atoms with E-state index in [4.69, 9.17) is 11.7 Å². The van der Waals surface area contributed by atoms with Crippen LogP contribution < -0.4 is 27.7 Å². The van der Waals surface area contributed by atoms with Crippen LogP contribution in [0.5, 0.6) is 0 Å². The number of nitrogens with one attached hydrogen (secondary N) is 3. The molecule has 0 bridgehead atoms. The van der Waals surface area contributed by atoms with Crippen molar-refractivity contribution < 1.29 is 14.0 Å². The average molecular weight is 523 g/mol. The van der Waals surface area contributed by atoms with E-state index < -0.39 is 11.8 Å². The van der Waals surface area contributed by atoms with Crippen molar-refractivity contribution in [3.8, 4) is 0 Å². The standard InChI is InChI=1S/C25H29FN8O2.C2H6/c1-14-9-15(3-7-19(14)26)12-29-24(35)21-11-22(31-13-30-21)25(36)32-20-8-5-16-10-17(4-6-18(16)20)23(33-27)34(2)28;1-2/h3-4,6-7,9-11,13,20,23,33H,5,8,12,27-28H2,1-2H3,(H,29,35)(H,32,36);1-2H3. The summed E-state index contributed by atoms with van der Waals surface area (Å²) in [6, 6.07) is 11.7. The quantitative estimate of drug-likeness (QED) is 0.172. The van der Waals surface area contributed by atoms with Crippen LogP contribution in [0.3, 0.4) is 0 Å². The number of carbonyl (C=O) groups excluding carboxylic acids is 2. The predicted molar refractivity (Wildman–Crippen MR) is 143 cm³/mol. The monoisotopic (exact) mass is 522 g/mol. The van der Waals surface area contributed by atoms with Gasteiger partial charge < -0.3 is 10.6 Å². The number of halogens is 1. The molecule has 0 saturated carbocycles. The Balaban J connectivity index is 0.00000195. The minimum atomic E-state index is -0.458. The summed E-state index contributed by atoms with van der Waals surface area (Å²) < 4.78 is 13.4. The van der Waals surface area contributed by atoms with Crippen molar-refractivity contribution in [2.75, 3.05) is 7.05 Å². The van der Waals surface area contributed by atoms with Gasteiger partial charge in [-0.1, -0.05) is 44.2 Å². The van der Waals surface area contributed by atoms with Gasteiger partial charge >= 0.3 is 0 Å². The van der Waals surface area contributed by atoms with Gasteiger partial charge in [-0.3, -0.25) is 21.3 Å². The summed E-state index contributed by atoms with van der Waals surface area (Å²) in [5, 5.41) is 7.22. The molecule has 202 valence electrons. The van der Waals surface area contributed by atoms with Crippen molar-refractivity contribution in [3.05, 3.63) is 93.8 Å². The summed E-state index contributed by atoms with van der Waals surface area (Å²) in [5.74, 6) is 10.3. The minimum Gasteiger partial charge on any atom is -0.347 e. The number of carbonyl (C=O) groups is 2. The van der Waals surface area contributed by atoms with E-state index in [1.54, 1.807) is 26.1 Å². The first-order chi connectivity index (χ1) is 18.3. The summed E-state index contributed by atoms with van der Waals surface area (Å²) in [7, 11) is 1.72. The fraction of sp³-hybridized carbons (Fsp3) is 0.333. The Bertz CT molecular complexity index is 1280. The molecule has 38 heavy (non-hydrogen) atoms. The van der Waals surface area contributed by atoms with E-state index in [2.05, 4.69) is 26.0 Å². The smallest absolute Gasteiger partial charge is 0.270 e. The Labute approximate surface area is 222 Å². The first-order valence-corrected chi connectivity index (χ1v) is 12.5. The molecule has 1 aliphatic rings. The molecule has 11 heteroatoms. The third kappa shape index (κ3) is 6.75. The fourth-order valence-corrected chi connectivity index (χ4v) is 4.33. The maximum atomic E-state index is 13.4. The Hall–Kier alpha value is -3.77. The lowest BCUT2D eigenvalue weighted by atomic mass is 10.0. The number of fused-ring (bicyclic) bond motifs is 1. The molecule has 0 spiro atoms. The van der Waals surface area contributed by atoms with Crippen LogP contribution in [0.15, 0.2) is 48.8 Å². The molecular weight excluding hydrogens is 487 g/mol. The van der Waals surface area contributed by atoms with Crippen LogP contribution in [0.4, 0.5) is 4.39 Å². The number of aromatic nitrogens is 2. The van der Waals surface area contributed by atoms with E-state index in [1.165, 1.54) is 23.5 Å². The first-order valence-electron chi connectivity index (χ1n) is 12.5. The van der Waals surface area contributed by atoms with Crippen LogP contribution in [-0.2, 0) is 13.0 Å². The van der Waals surface area contributed by atoms with Crippen molar-refractivity contribution in [1.82, 2.24) is 31.0 Å². The highest BCUT2D eigenvalue weighted by Crippen LogP contribution is 2.33. The maximum absolute atomic E-state index is 13.4. The molecule has 3 aromatic rings. The van der Waals surface area contributed by atoms with Crippen LogP contribution in [0.25, 0.3) is 0 Å². The zero-order valence-corrected chi connectivity index (χ0v) is 22.1. The number of rotatable bonds is 8. The van der Waals surface area contributed by atoms with Gasteiger partial charge in [-0.25, -0.2) is 24.8 Å². The van der Waals surface area contributed by atoms with E-state index in [-0.39, 0.29) is 36.0 Å². The average Bonchev–Trinajstić information content (AvgIpc) is 3.32. The third-order valence-electron chi connectivity index (χ3n) is 6.24. The third-order valence-corrected chi connectivity index (χ3v) is 6.24. The zero-order chi connectivity index (χ0) is 27.8. The van der Waals surface area contributed by atoms with E-state index in [0.29, 0.717) is 5.56 Å². The van der Waals surface area contributed by atoms with Crippen LogP contribution in [0.2, 0.25) is 0 Å². The number of benzene rings is 2. The molecule has 2 atom stereocenters. The molecule has 7 N–H and O–H groups in total. The molecule has 10 nitrogen and oxygen atoms in total. The van der Waals surface area contributed by atoms with Crippen LogP contribution in [0.1, 0.15) is 81.3 Å². The van der Waals surface area contributed by atoms with Gasteiger partial charge in [0.1, 0.15) is 29.7 Å². The van der Waals surface area contributed by atoms with Crippen molar-refractivity contribution in [1.29, 1.82) is 0 Å². The maximum Gasteiger partial charge on any atom is 0.270 e. The largest absolute Gasteiger partial charge is 0.347 e. The Kier molecular flexibility index (Phi) is 9.97. The molecule has 2 amide bonds. The SMILES string of the molecule is CC.Cc1cc(CNC(=O)c2cc(C(=O)NC3CCc4cc(C(NN)N(C)N)ccc43)ncn2)ccc1F. The van der Waals surface area contributed by atoms with Gasteiger partial charge in [-0.15, -0.1) is 0 Å². The molecule has 0 aliphatic heterocycles. The van der Waals surface area contributed by atoms with Crippen LogP contribution in [0, 0.1) is 12.7 Å². The summed E-state index contributed by atoms with van der Waals surface area (Å²) >= 11 is 0. The van der Waals surface area contributed by atoms with Crippen molar-refractivity contribution >= 4 is 11.8 Å². The number of nitrogens with two attached hydrogens (primary N) is 2. The van der Waals surface area contributed by atoms with E-state index in [0.717, 1.165) is 35.1 Å². The van der Waals surface area contributed by atoms with Gasteiger partial charge in [0.25, 0.3) is 11.8 Å². The molecular formula is C27H35FN8O2. The Morgan fingerprint density at radius 1 is 1.11 bits per heavy atom. The van der Waals surface area contributed by atoms with Gasteiger partial charge in [0.05, 0.1) is 6.04 Å². The second-order valence-electron chi connectivity index (χ2n) is 8.81. The molecule has 1 aliphatic carbocycles. The highest BCUT2D eigenvalue weighted by molar-refractivity contribution is 5.97. The Morgan fingerprint density at radius 3 is 2.47 bits per heavy atom. The van der Waals surface area contributed by atoms with Crippen molar-refractivity contribution in [2.45, 2.75) is 52.4 Å². The van der Waals surface area contributed by atoms with Gasteiger partial charge in [-0.2, -0.15) is 0 Å². The van der Waals surface area contributed by atoms with E-state index >= 15 is 0 Å². The highest BCUT2D eigenvalue weighted by Gasteiger charge is 2.26. The minimum absolute atomic E-state index is 0.0664. The lowest BCUT2D eigenvalue weighted by molar-refractivity contribution is 0.0931. The summed E-state index contributed by atoms with van der Waals surface area (Å²) in [4.78, 5) is 33.5. The lowest BCUT2D eigenvalue weighted by Crippen LogP contribution is -2.43. The number of aryl methyl sites for hydroxylation is 2. The number of amides is 2. The normalized spacial score (nSPS) is 14.8. The molecule has 0 saturated heterocycles. The summed E-state index contributed by atoms with van der Waals surface area (Å²) in [6.07, 6.45) is 2.38. The second kappa shape index (κ2) is 13.2. The molecule has 4 rings (SSSR count). The topological polar surface area (TPSA) is 151 Å². The molecule has 2 aromatic carbocycles. The molecule has 2 unspecified atom stereocenters. The van der Waals surface area contributed by atoms with Gasteiger partial charge in [0.2, 0.25) is 0 Å².